The molecule has 0 aromatic heterocycles. The van der Waals surface area contributed by atoms with E-state index in [4.69, 9.17) is 0 Å². The van der Waals surface area contributed by atoms with Crippen LogP contribution in [0.15, 0.2) is 47.4 Å². The van der Waals surface area contributed by atoms with E-state index in [0.29, 0.717) is 30.8 Å². The van der Waals surface area contributed by atoms with E-state index in [9.17, 15) is 18.0 Å². The number of anilines is 2. The van der Waals surface area contributed by atoms with Crippen molar-refractivity contribution < 1.29 is 22.7 Å². The highest BCUT2D eigenvalue weighted by Crippen LogP contribution is 2.26. The minimum Gasteiger partial charge on any atom is -0.453 e. The first-order chi connectivity index (χ1) is 14.7. The first-order valence-corrected chi connectivity index (χ1v) is 11.5. The monoisotopic (exact) mass is 445 g/mol. The van der Waals surface area contributed by atoms with Crippen LogP contribution in [0.3, 0.4) is 0 Å². The maximum Gasteiger partial charge on any atom is 0.411 e. The Morgan fingerprint density at radius 2 is 1.68 bits per heavy atom. The van der Waals surface area contributed by atoms with Crippen molar-refractivity contribution in [2.24, 2.45) is 5.92 Å². The number of sulfonamides is 1. The number of hydrogen-bond acceptors (Lipinski definition) is 5. The summed E-state index contributed by atoms with van der Waals surface area (Å²) in [6.45, 7) is 4.47. The second-order valence-electron chi connectivity index (χ2n) is 7.63. The molecule has 2 N–H and O–H groups in total. The highest BCUT2D eigenvalue weighted by Gasteiger charge is 2.33. The van der Waals surface area contributed by atoms with E-state index in [1.165, 1.54) is 35.7 Å². The lowest BCUT2D eigenvalue weighted by Crippen LogP contribution is -2.43. The fraction of sp³-hybridized carbons (Fsp3) is 0.364. The quantitative estimate of drug-likeness (QED) is 0.733. The number of rotatable bonds is 5. The van der Waals surface area contributed by atoms with E-state index in [0.717, 1.165) is 11.1 Å². The predicted molar refractivity (Wildman–Crippen MR) is 118 cm³/mol. The van der Waals surface area contributed by atoms with Gasteiger partial charge in [-0.15, -0.1) is 0 Å². The average Bonchev–Trinajstić information content (AvgIpc) is 2.76. The zero-order valence-electron chi connectivity index (χ0n) is 17.8. The van der Waals surface area contributed by atoms with E-state index in [1.807, 2.05) is 32.0 Å². The van der Waals surface area contributed by atoms with Crippen molar-refractivity contribution in [3.63, 3.8) is 0 Å². The molecule has 2 aromatic rings. The largest absolute Gasteiger partial charge is 0.453 e. The SMILES string of the molecule is COC(=O)Nc1ccc(S(=O)(=O)N2CCC[C@@H](C(=O)Nc3ccc(C)c(C)c3)C2)cc1. The third kappa shape index (κ3) is 5.42. The van der Waals surface area contributed by atoms with Gasteiger partial charge in [0.2, 0.25) is 15.9 Å². The Morgan fingerprint density at radius 1 is 1.00 bits per heavy atom. The lowest BCUT2D eigenvalue weighted by molar-refractivity contribution is -0.120. The van der Waals surface area contributed by atoms with Gasteiger partial charge in [0.15, 0.2) is 0 Å². The van der Waals surface area contributed by atoms with Crippen LogP contribution in [0.25, 0.3) is 0 Å². The lowest BCUT2D eigenvalue weighted by atomic mass is 9.98. The number of amides is 2. The fourth-order valence-electron chi connectivity index (χ4n) is 3.47. The zero-order chi connectivity index (χ0) is 22.6. The lowest BCUT2D eigenvalue weighted by Gasteiger charge is -2.31. The molecule has 0 spiro atoms. The van der Waals surface area contributed by atoms with Crippen LogP contribution in [0.1, 0.15) is 24.0 Å². The number of aryl methyl sites for hydroxylation is 2. The third-order valence-corrected chi connectivity index (χ3v) is 7.33. The summed E-state index contributed by atoms with van der Waals surface area (Å²) in [6.07, 6.45) is 0.598. The second kappa shape index (κ2) is 9.49. The normalized spacial score (nSPS) is 17.1. The Labute approximate surface area is 182 Å². The number of piperidine rings is 1. The van der Waals surface area contributed by atoms with Crippen molar-refractivity contribution >= 4 is 33.4 Å². The van der Waals surface area contributed by atoms with Gasteiger partial charge in [0.25, 0.3) is 0 Å². The van der Waals surface area contributed by atoms with Crippen LogP contribution in [0.5, 0.6) is 0 Å². The summed E-state index contributed by atoms with van der Waals surface area (Å²) in [5.41, 5.74) is 3.35. The van der Waals surface area contributed by atoms with Gasteiger partial charge in [-0.2, -0.15) is 4.31 Å². The first kappa shape index (κ1) is 22.8. The molecule has 0 saturated carbocycles. The van der Waals surface area contributed by atoms with Gasteiger partial charge in [-0.05, 0) is 74.2 Å². The van der Waals surface area contributed by atoms with Gasteiger partial charge in [-0.3, -0.25) is 10.1 Å². The number of carbonyl (C=O) groups excluding carboxylic acids is 2. The van der Waals surface area contributed by atoms with Gasteiger partial charge in [-0.1, -0.05) is 6.07 Å². The highest BCUT2D eigenvalue weighted by atomic mass is 32.2. The smallest absolute Gasteiger partial charge is 0.411 e. The average molecular weight is 446 g/mol. The first-order valence-electron chi connectivity index (χ1n) is 10.0. The Kier molecular flexibility index (Phi) is 6.97. The predicted octanol–water partition coefficient (Wildman–Crippen LogP) is 3.52. The molecule has 166 valence electrons. The third-order valence-electron chi connectivity index (χ3n) is 5.45. The van der Waals surface area contributed by atoms with Gasteiger partial charge in [0, 0.05) is 24.5 Å². The molecular weight excluding hydrogens is 418 g/mol. The van der Waals surface area contributed by atoms with Crippen molar-refractivity contribution in [1.29, 1.82) is 0 Å². The van der Waals surface area contributed by atoms with Gasteiger partial charge in [0.1, 0.15) is 0 Å². The van der Waals surface area contributed by atoms with Crippen molar-refractivity contribution in [2.75, 3.05) is 30.8 Å². The van der Waals surface area contributed by atoms with E-state index >= 15 is 0 Å². The number of hydrogen-bond donors (Lipinski definition) is 2. The number of nitrogens with zero attached hydrogens (tertiary/aromatic N) is 1. The van der Waals surface area contributed by atoms with Crippen LogP contribution in [-0.4, -0.2) is 44.9 Å². The molecule has 9 heteroatoms. The van der Waals surface area contributed by atoms with Crippen LogP contribution < -0.4 is 10.6 Å². The molecule has 3 rings (SSSR count). The minimum absolute atomic E-state index is 0.109. The second-order valence-corrected chi connectivity index (χ2v) is 9.57. The fourth-order valence-corrected chi connectivity index (χ4v) is 4.99. The van der Waals surface area contributed by atoms with Crippen LogP contribution in [0.4, 0.5) is 16.2 Å². The summed E-state index contributed by atoms with van der Waals surface area (Å²) in [5.74, 6) is -0.605. The number of nitrogens with one attached hydrogen (secondary N) is 2. The molecule has 0 unspecified atom stereocenters. The molecule has 0 bridgehead atoms. The summed E-state index contributed by atoms with van der Waals surface area (Å²) < 4.78 is 32.0. The van der Waals surface area contributed by atoms with E-state index in [2.05, 4.69) is 15.4 Å². The molecule has 8 nitrogen and oxygen atoms in total. The van der Waals surface area contributed by atoms with Gasteiger partial charge in [0.05, 0.1) is 17.9 Å². The Balaban J connectivity index is 1.69. The number of carbonyl (C=O) groups is 2. The van der Waals surface area contributed by atoms with E-state index < -0.39 is 22.0 Å². The van der Waals surface area contributed by atoms with Gasteiger partial charge in [-0.25, -0.2) is 13.2 Å². The molecule has 1 fully saturated rings. The Bertz CT molecular complexity index is 1070. The number of methoxy groups -OCH3 is 1. The van der Waals surface area contributed by atoms with Gasteiger partial charge < -0.3 is 10.1 Å². The molecule has 2 amide bonds. The molecule has 0 radical (unpaired) electrons. The molecule has 31 heavy (non-hydrogen) atoms. The van der Waals surface area contributed by atoms with Crippen molar-refractivity contribution in [3.8, 4) is 0 Å². The molecule has 0 aliphatic carbocycles. The number of ether oxygens (including phenoxy) is 1. The van der Waals surface area contributed by atoms with E-state index in [-0.39, 0.29) is 17.3 Å². The van der Waals surface area contributed by atoms with Crippen molar-refractivity contribution in [3.05, 3.63) is 53.6 Å². The molecule has 2 aromatic carbocycles. The minimum atomic E-state index is -3.76. The number of benzene rings is 2. The molecule has 1 saturated heterocycles. The van der Waals surface area contributed by atoms with Crippen LogP contribution in [0.2, 0.25) is 0 Å². The summed E-state index contributed by atoms with van der Waals surface area (Å²) in [6, 6.07) is 11.6. The van der Waals surface area contributed by atoms with Crippen molar-refractivity contribution in [2.45, 2.75) is 31.6 Å². The van der Waals surface area contributed by atoms with Crippen LogP contribution in [0, 0.1) is 19.8 Å². The molecule has 1 aliphatic rings. The van der Waals surface area contributed by atoms with Crippen LogP contribution in [-0.2, 0) is 19.6 Å². The highest BCUT2D eigenvalue weighted by molar-refractivity contribution is 7.89. The maximum atomic E-state index is 13.1. The van der Waals surface area contributed by atoms with Crippen molar-refractivity contribution in [1.82, 2.24) is 4.31 Å². The molecular formula is C22H27N3O5S. The summed E-state index contributed by atoms with van der Waals surface area (Å²) in [4.78, 5) is 24.2. The standard InChI is InChI=1S/C22H27N3O5S/c1-15-6-7-19(13-16(15)2)23-21(26)17-5-4-12-25(14-17)31(28,29)20-10-8-18(9-11-20)24-22(27)30-3/h6-11,13,17H,4-5,12,14H2,1-3H3,(H,23,26)(H,24,27)/t17-/m1/s1. The zero-order valence-corrected chi connectivity index (χ0v) is 18.7. The summed E-state index contributed by atoms with van der Waals surface area (Å²) >= 11 is 0. The Hall–Kier alpha value is -2.91. The Morgan fingerprint density at radius 3 is 2.32 bits per heavy atom. The summed E-state index contributed by atoms with van der Waals surface area (Å²) in [5, 5.41) is 5.39. The summed E-state index contributed by atoms with van der Waals surface area (Å²) in [7, 11) is -2.51. The maximum absolute atomic E-state index is 13.1. The van der Waals surface area contributed by atoms with Gasteiger partial charge >= 0.3 is 6.09 Å². The van der Waals surface area contributed by atoms with Crippen LogP contribution >= 0.6 is 0 Å². The van der Waals surface area contributed by atoms with E-state index in [1.54, 1.807) is 0 Å². The molecule has 1 atom stereocenters. The molecule has 1 heterocycles. The molecule has 1 aliphatic heterocycles. The topological polar surface area (TPSA) is 105 Å².